The van der Waals surface area contributed by atoms with Crippen LogP contribution in [0.5, 0.6) is 0 Å². The molecule has 1 fully saturated rings. The maximum Gasteiger partial charge on any atom is 0.289 e. The van der Waals surface area contributed by atoms with Gasteiger partial charge in [-0.15, -0.1) is 0 Å². The average Bonchev–Trinajstić information content (AvgIpc) is 3.23. The van der Waals surface area contributed by atoms with E-state index < -0.39 is 20.6 Å². The van der Waals surface area contributed by atoms with Crippen molar-refractivity contribution < 1.29 is 18.1 Å². The number of nitro benzene ring substituents is 1. The van der Waals surface area contributed by atoms with Crippen LogP contribution in [0.2, 0.25) is 0 Å². The van der Waals surface area contributed by atoms with E-state index in [1.807, 2.05) is 0 Å². The van der Waals surface area contributed by atoms with E-state index in [0.717, 1.165) is 12.8 Å². The third kappa shape index (κ3) is 3.60. The first-order valence-electron chi connectivity index (χ1n) is 6.32. The van der Waals surface area contributed by atoms with Crippen LogP contribution in [0.15, 0.2) is 27.6 Å². The maximum atomic E-state index is 12.7. The highest BCUT2D eigenvalue weighted by molar-refractivity contribution is 9.10. The van der Waals surface area contributed by atoms with Gasteiger partial charge in [0.05, 0.1) is 11.5 Å². The van der Waals surface area contributed by atoms with E-state index in [1.165, 1.54) is 29.6 Å². The van der Waals surface area contributed by atoms with E-state index >= 15 is 0 Å². The first-order chi connectivity index (χ1) is 9.87. The Hall–Kier alpha value is -1.03. The monoisotopic (exact) mass is 378 g/mol. The minimum absolute atomic E-state index is 0.0938. The molecule has 9 heteroatoms. The molecule has 1 aliphatic rings. The molecule has 0 bridgehead atoms. The van der Waals surface area contributed by atoms with Gasteiger partial charge in [-0.05, 0) is 25.0 Å². The number of ether oxygens (including phenoxy) is 1. The summed E-state index contributed by atoms with van der Waals surface area (Å²) in [5.74, 6) is 0. The van der Waals surface area contributed by atoms with Crippen LogP contribution in [0.4, 0.5) is 5.69 Å². The summed E-state index contributed by atoms with van der Waals surface area (Å²) in [6.45, 7) is 0.435. The van der Waals surface area contributed by atoms with Crippen LogP contribution in [0, 0.1) is 10.1 Å². The van der Waals surface area contributed by atoms with Gasteiger partial charge in [-0.25, -0.2) is 8.42 Å². The topological polar surface area (TPSA) is 89.8 Å². The smallest absolute Gasteiger partial charge is 0.289 e. The largest absolute Gasteiger partial charge is 0.383 e. The summed E-state index contributed by atoms with van der Waals surface area (Å²) in [7, 11) is -2.44. The van der Waals surface area contributed by atoms with E-state index in [9.17, 15) is 18.5 Å². The van der Waals surface area contributed by atoms with Crippen LogP contribution >= 0.6 is 15.9 Å². The highest BCUT2D eigenvalue weighted by atomic mass is 79.9. The Morgan fingerprint density at radius 1 is 1.48 bits per heavy atom. The zero-order valence-electron chi connectivity index (χ0n) is 11.4. The molecule has 0 aliphatic heterocycles. The van der Waals surface area contributed by atoms with Crippen molar-refractivity contribution in [1.29, 1.82) is 0 Å². The lowest BCUT2D eigenvalue weighted by molar-refractivity contribution is -0.387. The van der Waals surface area contributed by atoms with E-state index in [-0.39, 0.29) is 24.1 Å². The molecule has 21 heavy (non-hydrogen) atoms. The maximum absolute atomic E-state index is 12.7. The zero-order chi connectivity index (χ0) is 15.6. The minimum atomic E-state index is -3.93. The number of nitrogens with zero attached hydrogens (tertiary/aromatic N) is 2. The van der Waals surface area contributed by atoms with E-state index in [2.05, 4.69) is 15.9 Å². The Balaban J connectivity index is 2.46. The van der Waals surface area contributed by atoms with Crippen molar-refractivity contribution in [2.24, 2.45) is 0 Å². The predicted molar refractivity (Wildman–Crippen MR) is 79.6 cm³/mol. The average molecular weight is 379 g/mol. The van der Waals surface area contributed by atoms with Gasteiger partial charge < -0.3 is 4.74 Å². The molecule has 7 nitrogen and oxygen atoms in total. The normalized spacial score (nSPS) is 15.4. The van der Waals surface area contributed by atoms with Crippen LogP contribution in [-0.4, -0.2) is 43.9 Å². The van der Waals surface area contributed by atoms with Gasteiger partial charge in [0.2, 0.25) is 10.0 Å². The number of methoxy groups -OCH3 is 1. The molecule has 0 N–H and O–H groups in total. The van der Waals surface area contributed by atoms with Crippen molar-refractivity contribution in [2.45, 2.75) is 23.8 Å². The lowest BCUT2D eigenvalue weighted by atomic mass is 10.3. The third-order valence-corrected chi connectivity index (χ3v) is 5.65. The molecule has 0 saturated heterocycles. The molecule has 0 spiro atoms. The van der Waals surface area contributed by atoms with Crippen molar-refractivity contribution in [2.75, 3.05) is 20.3 Å². The summed E-state index contributed by atoms with van der Waals surface area (Å²) >= 11 is 3.16. The summed E-state index contributed by atoms with van der Waals surface area (Å²) in [6, 6.07) is 3.82. The molecule has 0 unspecified atom stereocenters. The molecule has 0 heterocycles. The van der Waals surface area contributed by atoms with E-state index in [1.54, 1.807) is 0 Å². The molecule has 1 saturated carbocycles. The quantitative estimate of drug-likeness (QED) is 0.535. The fraction of sp³-hybridized carbons (Fsp3) is 0.500. The Labute approximate surface area is 131 Å². The number of hydrogen-bond donors (Lipinski definition) is 0. The second kappa shape index (κ2) is 6.39. The number of halogens is 1. The predicted octanol–water partition coefficient (Wildman–Crippen LogP) is 2.16. The highest BCUT2D eigenvalue weighted by Crippen LogP contribution is 2.35. The van der Waals surface area contributed by atoms with Crippen molar-refractivity contribution >= 4 is 31.6 Å². The van der Waals surface area contributed by atoms with E-state index in [4.69, 9.17) is 4.74 Å². The van der Waals surface area contributed by atoms with Crippen LogP contribution in [-0.2, 0) is 14.8 Å². The molecule has 1 aliphatic carbocycles. The summed E-state index contributed by atoms with van der Waals surface area (Å²) in [5.41, 5.74) is -0.415. The number of rotatable bonds is 7. The zero-order valence-corrected chi connectivity index (χ0v) is 13.8. The van der Waals surface area contributed by atoms with Gasteiger partial charge in [0.1, 0.15) is 0 Å². The first-order valence-corrected chi connectivity index (χ1v) is 8.56. The van der Waals surface area contributed by atoms with Gasteiger partial charge in [-0.1, -0.05) is 15.9 Å². The molecule has 0 aromatic heterocycles. The number of benzene rings is 1. The third-order valence-electron chi connectivity index (χ3n) is 3.18. The Morgan fingerprint density at radius 3 is 2.67 bits per heavy atom. The Bertz CT molecular complexity index is 645. The molecule has 2 rings (SSSR count). The van der Waals surface area contributed by atoms with Crippen LogP contribution < -0.4 is 0 Å². The second-order valence-electron chi connectivity index (χ2n) is 4.71. The minimum Gasteiger partial charge on any atom is -0.383 e. The van der Waals surface area contributed by atoms with Gasteiger partial charge in [0, 0.05) is 30.2 Å². The molecule has 1 aromatic carbocycles. The Kier molecular flexibility index (Phi) is 4.97. The van der Waals surface area contributed by atoms with Gasteiger partial charge in [-0.3, -0.25) is 10.1 Å². The van der Waals surface area contributed by atoms with Gasteiger partial charge in [0.25, 0.3) is 5.69 Å². The highest BCUT2D eigenvalue weighted by Gasteiger charge is 2.40. The first kappa shape index (κ1) is 16.3. The van der Waals surface area contributed by atoms with Crippen LogP contribution in [0.3, 0.4) is 0 Å². The van der Waals surface area contributed by atoms with Gasteiger partial charge >= 0.3 is 0 Å². The molecule has 0 amide bonds. The lowest BCUT2D eigenvalue weighted by Crippen LogP contribution is -2.36. The number of hydrogen-bond acceptors (Lipinski definition) is 5. The van der Waals surface area contributed by atoms with Crippen molar-refractivity contribution in [1.82, 2.24) is 4.31 Å². The number of nitro groups is 1. The van der Waals surface area contributed by atoms with Gasteiger partial charge in [0.15, 0.2) is 4.90 Å². The summed E-state index contributed by atoms with van der Waals surface area (Å²) < 4.78 is 32.2. The number of sulfonamides is 1. The van der Waals surface area contributed by atoms with Crippen molar-refractivity contribution in [3.8, 4) is 0 Å². The Morgan fingerprint density at radius 2 is 2.14 bits per heavy atom. The van der Waals surface area contributed by atoms with Crippen molar-refractivity contribution in [3.05, 3.63) is 32.8 Å². The van der Waals surface area contributed by atoms with Crippen LogP contribution in [0.25, 0.3) is 0 Å². The fourth-order valence-corrected chi connectivity index (χ4v) is 4.38. The summed E-state index contributed by atoms with van der Waals surface area (Å²) in [6.07, 6.45) is 1.54. The molecule has 116 valence electrons. The molecular weight excluding hydrogens is 364 g/mol. The van der Waals surface area contributed by atoms with Crippen LogP contribution in [0.1, 0.15) is 12.8 Å². The molecule has 0 radical (unpaired) electrons. The fourth-order valence-electron chi connectivity index (χ4n) is 2.01. The lowest BCUT2D eigenvalue weighted by Gasteiger charge is -2.21. The van der Waals surface area contributed by atoms with Crippen molar-refractivity contribution in [3.63, 3.8) is 0 Å². The van der Waals surface area contributed by atoms with Gasteiger partial charge in [-0.2, -0.15) is 4.31 Å². The van der Waals surface area contributed by atoms with E-state index in [0.29, 0.717) is 4.47 Å². The standard InChI is InChI=1S/C12H15BrN2O5S/c1-20-7-6-14(10-3-4-10)21(18,19)12-8-9(13)2-5-11(12)15(16)17/h2,5,8,10H,3-4,6-7H2,1H3. The summed E-state index contributed by atoms with van der Waals surface area (Å²) in [4.78, 5) is 10.1. The molecule has 1 aromatic rings. The summed E-state index contributed by atoms with van der Waals surface area (Å²) in [5, 5.41) is 11.1. The molecular formula is C12H15BrN2O5S. The molecule has 0 atom stereocenters. The second-order valence-corrected chi connectivity index (χ2v) is 7.48. The SMILES string of the molecule is COCCN(C1CC1)S(=O)(=O)c1cc(Br)ccc1[N+](=O)[O-].